The van der Waals surface area contributed by atoms with E-state index in [-0.39, 0.29) is 0 Å². The van der Waals surface area contributed by atoms with Gasteiger partial charge < -0.3 is 15.1 Å². The van der Waals surface area contributed by atoms with E-state index in [0.29, 0.717) is 6.04 Å². The van der Waals surface area contributed by atoms with Crippen molar-refractivity contribution in [2.45, 2.75) is 39.8 Å². The van der Waals surface area contributed by atoms with E-state index in [2.05, 4.69) is 59.8 Å². The molecule has 0 saturated carbocycles. The van der Waals surface area contributed by atoms with Crippen LogP contribution in [0.15, 0.2) is 0 Å². The van der Waals surface area contributed by atoms with Crippen molar-refractivity contribution in [1.29, 1.82) is 0 Å². The number of hydrogen-bond donors (Lipinski definition) is 1. The number of nitrogens with zero attached hydrogens (tertiary/aromatic N) is 4. The molecule has 5 heteroatoms. The van der Waals surface area contributed by atoms with Crippen LogP contribution in [0.3, 0.4) is 0 Å². The largest absolute Gasteiger partial charge is 0.353 e. The minimum Gasteiger partial charge on any atom is -0.353 e. The summed E-state index contributed by atoms with van der Waals surface area (Å²) in [7, 11) is 4.28. The first-order valence-corrected chi connectivity index (χ1v) is 7.73. The number of likely N-dealkylation sites (N-methyl/N-ethyl adjacent to an activating group) is 1. The molecule has 114 valence electrons. The highest BCUT2D eigenvalue weighted by Crippen LogP contribution is 2.26. The zero-order valence-corrected chi connectivity index (χ0v) is 13.6. The lowest BCUT2D eigenvalue weighted by Crippen LogP contribution is -2.39. The smallest absolute Gasteiger partial charge is 0.131 e. The predicted molar refractivity (Wildman–Crippen MR) is 84.2 cm³/mol. The van der Waals surface area contributed by atoms with Crippen LogP contribution < -0.4 is 10.2 Å². The van der Waals surface area contributed by atoms with Crippen molar-refractivity contribution in [3.8, 4) is 0 Å². The molecule has 1 aromatic rings. The highest BCUT2D eigenvalue weighted by Gasteiger charge is 2.25. The van der Waals surface area contributed by atoms with Gasteiger partial charge in [0.2, 0.25) is 0 Å². The highest BCUT2D eigenvalue weighted by molar-refractivity contribution is 5.51. The van der Waals surface area contributed by atoms with Gasteiger partial charge in [-0.25, -0.2) is 0 Å². The summed E-state index contributed by atoms with van der Waals surface area (Å²) in [6.45, 7) is 11.9. The molecule has 1 N–H and O–H groups in total. The molecular formula is C15H29N5. The van der Waals surface area contributed by atoms with Crippen LogP contribution in [0.4, 0.5) is 5.82 Å². The van der Waals surface area contributed by atoms with Gasteiger partial charge in [-0.1, -0.05) is 6.92 Å². The average molecular weight is 279 g/mol. The molecular weight excluding hydrogens is 250 g/mol. The maximum atomic E-state index is 4.64. The summed E-state index contributed by atoms with van der Waals surface area (Å²) in [5.41, 5.74) is 2.50. The first-order chi connectivity index (χ1) is 9.54. The Kier molecular flexibility index (Phi) is 5.05. The Hall–Kier alpha value is -1.07. The minimum absolute atomic E-state index is 0.526. The van der Waals surface area contributed by atoms with Crippen molar-refractivity contribution in [3.05, 3.63) is 11.3 Å². The van der Waals surface area contributed by atoms with Gasteiger partial charge in [0.1, 0.15) is 5.82 Å². The Bertz CT molecular complexity index is 440. The molecule has 1 aliphatic rings. The zero-order chi connectivity index (χ0) is 14.7. The number of aromatic nitrogens is 2. The second-order valence-corrected chi connectivity index (χ2v) is 5.95. The summed E-state index contributed by atoms with van der Waals surface area (Å²) in [4.78, 5) is 4.97. The van der Waals surface area contributed by atoms with E-state index in [1.807, 2.05) is 0 Å². The zero-order valence-electron chi connectivity index (χ0n) is 13.6. The van der Waals surface area contributed by atoms with Crippen molar-refractivity contribution in [1.82, 2.24) is 20.0 Å². The van der Waals surface area contributed by atoms with Gasteiger partial charge in [-0.15, -0.1) is 0 Å². The number of anilines is 1. The third kappa shape index (κ3) is 3.15. The van der Waals surface area contributed by atoms with E-state index in [1.54, 1.807) is 0 Å². The van der Waals surface area contributed by atoms with Gasteiger partial charge in [0.15, 0.2) is 0 Å². The predicted octanol–water partition coefficient (Wildman–Crippen LogP) is 1.37. The molecule has 2 heterocycles. The van der Waals surface area contributed by atoms with E-state index in [1.165, 1.54) is 24.3 Å². The molecule has 20 heavy (non-hydrogen) atoms. The SMILES string of the molecule is CCNCc1c(C)nn(C)c1N1CCCN(C)CC1C. The first kappa shape index (κ1) is 15.3. The average Bonchev–Trinajstić information content (AvgIpc) is 2.54. The second kappa shape index (κ2) is 6.59. The van der Waals surface area contributed by atoms with Gasteiger partial charge in [-0.2, -0.15) is 5.10 Å². The van der Waals surface area contributed by atoms with Crippen LogP contribution >= 0.6 is 0 Å². The van der Waals surface area contributed by atoms with E-state index < -0.39 is 0 Å². The van der Waals surface area contributed by atoms with Crippen LogP contribution in [-0.2, 0) is 13.6 Å². The van der Waals surface area contributed by atoms with E-state index in [4.69, 9.17) is 0 Å². The molecule has 1 aliphatic heterocycles. The molecule has 1 fully saturated rings. The monoisotopic (exact) mass is 279 g/mol. The molecule has 0 aromatic carbocycles. The number of rotatable bonds is 4. The lowest BCUT2D eigenvalue weighted by Gasteiger charge is -2.31. The summed E-state index contributed by atoms with van der Waals surface area (Å²) < 4.78 is 2.06. The van der Waals surface area contributed by atoms with Crippen LogP contribution in [0.25, 0.3) is 0 Å². The van der Waals surface area contributed by atoms with Gasteiger partial charge in [0.25, 0.3) is 0 Å². The van der Waals surface area contributed by atoms with E-state index in [9.17, 15) is 0 Å². The van der Waals surface area contributed by atoms with E-state index in [0.717, 1.165) is 31.9 Å². The Labute approximate surface area is 122 Å². The van der Waals surface area contributed by atoms with Gasteiger partial charge in [-0.05, 0) is 40.4 Å². The third-order valence-electron chi connectivity index (χ3n) is 4.18. The van der Waals surface area contributed by atoms with Gasteiger partial charge in [0, 0.05) is 38.3 Å². The first-order valence-electron chi connectivity index (χ1n) is 7.73. The Morgan fingerprint density at radius 3 is 2.75 bits per heavy atom. The quantitative estimate of drug-likeness (QED) is 0.903. The lowest BCUT2D eigenvalue weighted by molar-refractivity contribution is 0.336. The van der Waals surface area contributed by atoms with Crippen molar-refractivity contribution < 1.29 is 0 Å². The van der Waals surface area contributed by atoms with Crippen LogP contribution in [0, 0.1) is 6.92 Å². The Morgan fingerprint density at radius 2 is 2.05 bits per heavy atom. The third-order valence-corrected chi connectivity index (χ3v) is 4.18. The van der Waals surface area contributed by atoms with Crippen LogP contribution in [-0.4, -0.2) is 53.9 Å². The van der Waals surface area contributed by atoms with Crippen LogP contribution in [0.5, 0.6) is 0 Å². The van der Waals surface area contributed by atoms with Gasteiger partial charge in [-0.3, -0.25) is 4.68 Å². The summed E-state index contributed by atoms with van der Waals surface area (Å²) in [6.07, 6.45) is 1.21. The molecule has 1 aromatic heterocycles. The molecule has 0 radical (unpaired) electrons. The Morgan fingerprint density at radius 1 is 1.30 bits per heavy atom. The molecule has 5 nitrogen and oxygen atoms in total. The number of nitrogens with one attached hydrogen (secondary N) is 1. The Balaban J connectivity index is 2.30. The normalized spacial score (nSPS) is 21.2. The standard InChI is InChI=1S/C15H29N5/c1-6-16-10-14-13(3)17-19(5)15(14)20-9-7-8-18(4)11-12(20)2/h12,16H,6-11H2,1-5H3. The summed E-state index contributed by atoms with van der Waals surface area (Å²) in [6, 6.07) is 0.526. The lowest BCUT2D eigenvalue weighted by atomic mass is 10.2. The molecule has 0 spiro atoms. The van der Waals surface area contributed by atoms with Crippen LogP contribution in [0.1, 0.15) is 31.5 Å². The molecule has 2 rings (SSSR count). The maximum absolute atomic E-state index is 4.64. The second-order valence-electron chi connectivity index (χ2n) is 5.95. The van der Waals surface area contributed by atoms with Crippen molar-refractivity contribution in [3.63, 3.8) is 0 Å². The highest BCUT2D eigenvalue weighted by atomic mass is 15.4. The summed E-state index contributed by atoms with van der Waals surface area (Å²) in [5.74, 6) is 1.30. The van der Waals surface area contributed by atoms with Gasteiger partial charge >= 0.3 is 0 Å². The maximum Gasteiger partial charge on any atom is 0.131 e. The fourth-order valence-corrected chi connectivity index (χ4v) is 3.19. The molecule has 1 unspecified atom stereocenters. The topological polar surface area (TPSA) is 36.3 Å². The molecule has 0 aliphatic carbocycles. The van der Waals surface area contributed by atoms with Crippen molar-refractivity contribution >= 4 is 5.82 Å². The molecule has 0 amide bonds. The van der Waals surface area contributed by atoms with Gasteiger partial charge in [0.05, 0.1) is 5.69 Å². The number of hydrogen-bond acceptors (Lipinski definition) is 4. The van der Waals surface area contributed by atoms with Crippen molar-refractivity contribution in [2.75, 3.05) is 38.1 Å². The molecule has 1 saturated heterocycles. The number of aryl methyl sites for hydroxylation is 2. The summed E-state index contributed by atoms with van der Waals surface area (Å²) in [5, 5.41) is 8.09. The van der Waals surface area contributed by atoms with E-state index >= 15 is 0 Å². The summed E-state index contributed by atoms with van der Waals surface area (Å²) >= 11 is 0. The van der Waals surface area contributed by atoms with Crippen LogP contribution in [0.2, 0.25) is 0 Å². The fraction of sp³-hybridized carbons (Fsp3) is 0.800. The fourth-order valence-electron chi connectivity index (χ4n) is 3.19. The molecule has 0 bridgehead atoms. The molecule has 1 atom stereocenters. The van der Waals surface area contributed by atoms with Crippen molar-refractivity contribution in [2.24, 2.45) is 7.05 Å². The minimum atomic E-state index is 0.526.